The lowest BCUT2D eigenvalue weighted by atomic mass is 10.3. The predicted molar refractivity (Wildman–Crippen MR) is 50.9 cm³/mol. The van der Waals surface area contributed by atoms with Gasteiger partial charge in [0.05, 0.1) is 6.20 Å². The summed E-state index contributed by atoms with van der Waals surface area (Å²) in [7, 11) is 1.84. The first-order valence-corrected chi connectivity index (χ1v) is 4.17. The zero-order valence-corrected chi connectivity index (χ0v) is 7.82. The number of rotatable bonds is 3. The van der Waals surface area contributed by atoms with E-state index in [1.165, 1.54) is 6.08 Å². The first-order valence-electron chi connectivity index (χ1n) is 4.17. The van der Waals surface area contributed by atoms with Crippen LogP contribution in [0, 0.1) is 0 Å². The van der Waals surface area contributed by atoms with Crippen molar-refractivity contribution >= 4 is 12.0 Å². The molecule has 0 fully saturated rings. The summed E-state index contributed by atoms with van der Waals surface area (Å²) in [6.45, 7) is 2.53. The topological polar surface area (TPSA) is 46.9 Å². The van der Waals surface area contributed by atoms with Crippen molar-refractivity contribution in [1.82, 2.24) is 15.1 Å². The Morgan fingerprint density at radius 3 is 3.08 bits per heavy atom. The first kappa shape index (κ1) is 9.51. The molecule has 0 aromatic carbocycles. The molecule has 0 spiro atoms. The lowest BCUT2D eigenvalue weighted by Gasteiger charge is -1.92. The number of aryl methyl sites for hydroxylation is 1. The maximum absolute atomic E-state index is 11.0. The molecule has 1 aromatic heterocycles. The lowest BCUT2D eigenvalue weighted by Crippen LogP contribution is -2.19. The van der Waals surface area contributed by atoms with Crippen LogP contribution in [-0.2, 0) is 11.8 Å². The van der Waals surface area contributed by atoms with Crippen molar-refractivity contribution in [2.24, 2.45) is 7.05 Å². The van der Waals surface area contributed by atoms with Crippen molar-refractivity contribution in [3.63, 3.8) is 0 Å². The van der Waals surface area contributed by atoms with Gasteiger partial charge in [-0.1, -0.05) is 0 Å². The Morgan fingerprint density at radius 1 is 1.77 bits per heavy atom. The number of hydrogen-bond donors (Lipinski definition) is 1. The van der Waals surface area contributed by atoms with Gasteiger partial charge in [0.15, 0.2) is 0 Å². The Balaban J connectivity index is 2.53. The minimum Gasteiger partial charge on any atom is -0.353 e. The number of likely N-dealkylation sites (N-methyl/N-ethyl adjacent to an activating group) is 1. The van der Waals surface area contributed by atoms with Crippen LogP contribution in [0.4, 0.5) is 0 Å². The summed E-state index contributed by atoms with van der Waals surface area (Å²) >= 11 is 0. The number of aromatic nitrogens is 2. The normalized spacial score (nSPS) is 10.6. The van der Waals surface area contributed by atoms with Crippen molar-refractivity contribution in [3.8, 4) is 0 Å². The highest BCUT2D eigenvalue weighted by atomic mass is 16.1. The van der Waals surface area contributed by atoms with E-state index in [9.17, 15) is 4.79 Å². The molecule has 1 aromatic rings. The van der Waals surface area contributed by atoms with E-state index in [0.29, 0.717) is 6.54 Å². The molecule has 0 atom stereocenters. The molecule has 4 heteroatoms. The standard InChI is InChI=1S/C9H13N3O/c1-3-10-9(13)5-4-8-6-11-12(2)7-8/h4-7H,3H2,1-2H3,(H,10,13)/b5-4+. The lowest BCUT2D eigenvalue weighted by molar-refractivity contribution is -0.116. The molecule has 1 N–H and O–H groups in total. The number of hydrogen-bond acceptors (Lipinski definition) is 2. The zero-order chi connectivity index (χ0) is 9.68. The molecule has 0 aliphatic rings. The van der Waals surface area contributed by atoms with E-state index in [2.05, 4.69) is 10.4 Å². The molecule has 0 unspecified atom stereocenters. The number of amides is 1. The minimum atomic E-state index is -0.0775. The van der Waals surface area contributed by atoms with Gasteiger partial charge in [-0.3, -0.25) is 9.48 Å². The van der Waals surface area contributed by atoms with Crippen LogP contribution in [0.1, 0.15) is 12.5 Å². The van der Waals surface area contributed by atoms with Gasteiger partial charge in [-0.25, -0.2) is 0 Å². The van der Waals surface area contributed by atoms with Crippen LogP contribution in [0.15, 0.2) is 18.5 Å². The monoisotopic (exact) mass is 179 g/mol. The maximum atomic E-state index is 11.0. The summed E-state index contributed by atoms with van der Waals surface area (Å²) in [4.78, 5) is 11.0. The summed E-state index contributed by atoms with van der Waals surface area (Å²) in [5.41, 5.74) is 0.925. The molecule has 0 aliphatic carbocycles. The third-order valence-electron chi connectivity index (χ3n) is 1.50. The molecule has 13 heavy (non-hydrogen) atoms. The minimum absolute atomic E-state index is 0.0775. The van der Waals surface area contributed by atoms with E-state index >= 15 is 0 Å². The van der Waals surface area contributed by atoms with Gasteiger partial charge in [-0.15, -0.1) is 0 Å². The Morgan fingerprint density at radius 2 is 2.54 bits per heavy atom. The maximum Gasteiger partial charge on any atom is 0.243 e. The smallest absolute Gasteiger partial charge is 0.243 e. The van der Waals surface area contributed by atoms with E-state index < -0.39 is 0 Å². The molecule has 0 aliphatic heterocycles. The predicted octanol–water partition coefficient (Wildman–Crippen LogP) is 0.569. The quantitative estimate of drug-likeness (QED) is 0.689. The fraction of sp³-hybridized carbons (Fsp3) is 0.333. The summed E-state index contributed by atoms with van der Waals surface area (Å²) in [5, 5.41) is 6.64. The highest BCUT2D eigenvalue weighted by molar-refractivity contribution is 5.91. The molecule has 4 nitrogen and oxygen atoms in total. The third-order valence-corrected chi connectivity index (χ3v) is 1.50. The van der Waals surface area contributed by atoms with Crippen molar-refractivity contribution in [2.75, 3.05) is 6.54 Å². The van der Waals surface area contributed by atoms with E-state index in [1.807, 2.05) is 20.2 Å². The Labute approximate surface area is 77.3 Å². The van der Waals surface area contributed by atoms with E-state index in [0.717, 1.165) is 5.56 Å². The fourth-order valence-electron chi connectivity index (χ4n) is 0.931. The zero-order valence-electron chi connectivity index (χ0n) is 7.82. The molecule has 1 amide bonds. The second-order valence-electron chi connectivity index (χ2n) is 2.68. The molecule has 0 bridgehead atoms. The molecule has 0 radical (unpaired) electrons. The molecule has 0 saturated heterocycles. The summed E-state index contributed by atoms with van der Waals surface area (Å²) in [6, 6.07) is 0. The van der Waals surface area contributed by atoms with Gasteiger partial charge >= 0.3 is 0 Å². The average Bonchev–Trinajstić information content (AvgIpc) is 2.49. The van der Waals surface area contributed by atoms with Gasteiger partial charge in [0.2, 0.25) is 5.91 Å². The SMILES string of the molecule is CCNC(=O)/C=C/c1cnn(C)c1. The number of carbonyl (C=O) groups excluding carboxylic acids is 1. The largest absolute Gasteiger partial charge is 0.353 e. The molecule has 0 saturated carbocycles. The second kappa shape index (κ2) is 4.45. The third kappa shape index (κ3) is 3.11. The summed E-state index contributed by atoms with van der Waals surface area (Å²) in [5.74, 6) is -0.0775. The molecule has 1 heterocycles. The molecular weight excluding hydrogens is 166 g/mol. The van der Waals surface area contributed by atoms with Crippen LogP contribution >= 0.6 is 0 Å². The van der Waals surface area contributed by atoms with Gasteiger partial charge in [0.1, 0.15) is 0 Å². The van der Waals surface area contributed by atoms with Crippen LogP contribution in [0.2, 0.25) is 0 Å². The van der Waals surface area contributed by atoms with Crippen molar-refractivity contribution in [2.45, 2.75) is 6.92 Å². The molecular formula is C9H13N3O. The Bertz CT molecular complexity index is 314. The molecule has 70 valence electrons. The second-order valence-corrected chi connectivity index (χ2v) is 2.68. The van der Waals surface area contributed by atoms with Crippen LogP contribution in [0.25, 0.3) is 6.08 Å². The number of carbonyl (C=O) groups is 1. The van der Waals surface area contributed by atoms with Crippen molar-refractivity contribution in [1.29, 1.82) is 0 Å². The Hall–Kier alpha value is -1.58. The highest BCUT2D eigenvalue weighted by Gasteiger charge is 1.93. The van der Waals surface area contributed by atoms with Gasteiger partial charge in [-0.2, -0.15) is 5.10 Å². The van der Waals surface area contributed by atoms with Gasteiger partial charge in [0.25, 0.3) is 0 Å². The number of nitrogens with zero attached hydrogens (tertiary/aromatic N) is 2. The summed E-state index contributed by atoms with van der Waals surface area (Å²) < 4.78 is 1.69. The van der Waals surface area contributed by atoms with Gasteiger partial charge in [-0.05, 0) is 13.0 Å². The van der Waals surface area contributed by atoms with Crippen molar-refractivity contribution < 1.29 is 4.79 Å². The van der Waals surface area contributed by atoms with Gasteiger partial charge in [0, 0.05) is 31.4 Å². The van der Waals surface area contributed by atoms with E-state index in [1.54, 1.807) is 17.0 Å². The van der Waals surface area contributed by atoms with E-state index in [4.69, 9.17) is 0 Å². The molecule has 1 rings (SSSR count). The fourth-order valence-corrected chi connectivity index (χ4v) is 0.931. The van der Waals surface area contributed by atoms with Crippen molar-refractivity contribution in [3.05, 3.63) is 24.0 Å². The average molecular weight is 179 g/mol. The van der Waals surface area contributed by atoms with Crippen LogP contribution < -0.4 is 5.32 Å². The van der Waals surface area contributed by atoms with Crippen LogP contribution in [0.3, 0.4) is 0 Å². The van der Waals surface area contributed by atoms with Crippen LogP contribution in [-0.4, -0.2) is 22.2 Å². The Kier molecular flexibility index (Phi) is 3.25. The number of nitrogens with one attached hydrogen (secondary N) is 1. The first-order chi connectivity index (χ1) is 6.22. The van der Waals surface area contributed by atoms with E-state index in [-0.39, 0.29) is 5.91 Å². The highest BCUT2D eigenvalue weighted by Crippen LogP contribution is 1.98. The summed E-state index contributed by atoms with van der Waals surface area (Å²) in [6.07, 6.45) is 6.78. The van der Waals surface area contributed by atoms with Gasteiger partial charge < -0.3 is 5.32 Å². The van der Waals surface area contributed by atoms with Crippen LogP contribution in [0.5, 0.6) is 0 Å².